The molecule has 0 saturated heterocycles. The summed E-state index contributed by atoms with van der Waals surface area (Å²) in [7, 11) is -0.611. The van der Waals surface area contributed by atoms with Crippen molar-refractivity contribution in [2.45, 2.75) is 11.4 Å². The van der Waals surface area contributed by atoms with Crippen LogP contribution in [-0.2, 0) is 16.6 Å². The van der Waals surface area contributed by atoms with E-state index in [2.05, 4.69) is 26.3 Å². The van der Waals surface area contributed by atoms with Gasteiger partial charge in [-0.25, -0.2) is 17.4 Å². The summed E-state index contributed by atoms with van der Waals surface area (Å²) < 4.78 is 28.0. The van der Waals surface area contributed by atoms with Gasteiger partial charge in [0.15, 0.2) is 0 Å². The van der Waals surface area contributed by atoms with Crippen LogP contribution in [0.4, 0.5) is 5.82 Å². The molecule has 0 aliphatic rings. The summed E-state index contributed by atoms with van der Waals surface area (Å²) in [5, 5.41) is 7.08. The molecule has 146 valence electrons. The summed E-state index contributed by atoms with van der Waals surface area (Å²) in [6.45, 7) is 0.490. The maximum Gasteiger partial charge on any atom is 0.256 e. The van der Waals surface area contributed by atoms with E-state index in [1.54, 1.807) is 16.9 Å². The van der Waals surface area contributed by atoms with Crippen molar-refractivity contribution in [3.05, 3.63) is 76.4 Å². The lowest BCUT2D eigenvalue weighted by molar-refractivity contribution is 0.102. The zero-order chi connectivity index (χ0) is 20.3. The average Bonchev–Trinajstić information content (AvgIpc) is 3.10. The predicted octanol–water partition coefficient (Wildman–Crippen LogP) is 3.20. The Morgan fingerprint density at radius 1 is 1.11 bits per heavy atom. The van der Waals surface area contributed by atoms with Crippen molar-refractivity contribution < 1.29 is 13.2 Å². The highest BCUT2D eigenvalue weighted by molar-refractivity contribution is 9.10. The molecule has 3 rings (SSSR count). The Morgan fingerprint density at radius 3 is 2.43 bits per heavy atom. The molecule has 0 fully saturated rings. The number of anilines is 1. The second-order valence-electron chi connectivity index (χ2n) is 6.23. The smallest absolute Gasteiger partial charge is 0.256 e. The molecule has 1 aromatic heterocycles. The molecular weight excluding hydrogens is 444 g/mol. The third kappa shape index (κ3) is 4.32. The minimum atomic E-state index is -3.53. The maximum absolute atomic E-state index is 12.6. The Hall–Kier alpha value is -2.49. The van der Waals surface area contributed by atoms with Gasteiger partial charge in [0.25, 0.3) is 5.91 Å². The Morgan fingerprint density at radius 2 is 1.79 bits per heavy atom. The van der Waals surface area contributed by atoms with Crippen LogP contribution in [0.1, 0.15) is 15.9 Å². The third-order valence-corrected chi connectivity index (χ3v) is 6.73. The van der Waals surface area contributed by atoms with E-state index < -0.39 is 10.0 Å². The van der Waals surface area contributed by atoms with Gasteiger partial charge in [-0.15, -0.1) is 0 Å². The number of amides is 1. The number of nitrogens with zero attached hydrogens (tertiary/aromatic N) is 3. The Bertz CT molecular complexity index is 1090. The first-order chi connectivity index (χ1) is 13.3. The molecule has 3 aromatic rings. The first-order valence-corrected chi connectivity index (χ1v) is 10.6. The Balaban J connectivity index is 1.76. The van der Waals surface area contributed by atoms with Crippen LogP contribution in [-0.4, -0.2) is 42.5 Å². The van der Waals surface area contributed by atoms with E-state index >= 15 is 0 Å². The summed E-state index contributed by atoms with van der Waals surface area (Å²) in [5.41, 5.74) is 1.38. The number of carbonyl (C=O) groups is 1. The number of rotatable bonds is 6. The lowest BCUT2D eigenvalue weighted by atomic mass is 10.2. The Labute approximate surface area is 172 Å². The topological polar surface area (TPSA) is 84.3 Å². The number of benzene rings is 2. The molecule has 0 aliphatic heterocycles. The van der Waals surface area contributed by atoms with Gasteiger partial charge < -0.3 is 5.32 Å². The van der Waals surface area contributed by atoms with Crippen molar-refractivity contribution in [2.75, 3.05) is 19.4 Å². The molecule has 2 aromatic carbocycles. The molecule has 1 amide bonds. The predicted molar refractivity (Wildman–Crippen MR) is 111 cm³/mol. The van der Waals surface area contributed by atoms with Crippen molar-refractivity contribution in [1.29, 1.82) is 0 Å². The standard InChI is InChI=1S/C19H19BrN4O3S/c1-23(2)28(26,27)16-9-7-14(8-10-16)19(25)22-18-11-12-21-24(18)13-15-5-3-4-6-17(15)20/h3-12H,13H2,1-2H3,(H,22,25). The molecule has 28 heavy (non-hydrogen) atoms. The number of nitrogens with one attached hydrogen (secondary N) is 1. The minimum Gasteiger partial charge on any atom is -0.307 e. The van der Waals surface area contributed by atoms with Crippen LogP contribution in [0.15, 0.2) is 70.2 Å². The van der Waals surface area contributed by atoms with Gasteiger partial charge in [0.1, 0.15) is 5.82 Å². The van der Waals surface area contributed by atoms with Gasteiger partial charge in [-0.3, -0.25) is 4.79 Å². The largest absolute Gasteiger partial charge is 0.307 e. The molecule has 0 spiro atoms. The van der Waals surface area contributed by atoms with Gasteiger partial charge in [-0.05, 0) is 35.9 Å². The molecule has 0 unspecified atom stereocenters. The summed E-state index contributed by atoms with van der Waals surface area (Å²) >= 11 is 3.51. The lowest BCUT2D eigenvalue weighted by Gasteiger charge is -2.12. The molecule has 0 bridgehead atoms. The fourth-order valence-electron chi connectivity index (χ4n) is 2.53. The van der Waals surface area contributed by atoms with Crippen molar-refractivity contribution in [3.63, 3.8) is 0 Å². The minimum absolute atomic E-state index is 0.132. The summed E-state index contributed by atoms with van der Waals surface area (Å²) in [6, 6.07) is 15.3. The van der Waals surface area contributed by atoms with Gasteiger partial charge in [0, 0.05) is 30.2 Å². The van der Waals surface area contributed by atoms with Crippen LogP contribution < -0.4 is 5.32 Å². The third-order valence-electron chi connectivity index (χ3n) is 4.13. The highest BCUT2D eigenvalue weighted by atomic mass is 79.9. The van der Waals surface area contributed by atoms with E-state index in [1.165, 1.54) is 38.4 Å². The SMILES string of the molecule is CN(C)S(=O)(=O)c1ccc(C(=O)Nc2ccnn2Cc2ccccc2Br)cc1. The van der Waals surface area contributed by atoms with Crippen LogP contribution in [0.25, 0.3) is 0 Å². The molecule has 0 saturated carbocycles. The van der Waals surface area contributed by atoms with Gasteiger partial charge >= 0.3 is 0 Å². The van der Waals surface area contributed by atoms with Crippen molar-refractivity contribution in [1.82, 2.24) is 14.1 Å². The van der Waals surface area contributed by atoms with Crippen molar-refractivity contribution in [3.8, 4) is 0 Å². The number of hydrogen-bond acceptors (Lipinski definition) is 4. The molecule has 1 heterocycles. The lowest BCUT2D eigenvalue weighted by Crippen LogP contribution is -2.22. The van der Waals surface area contributed by atoms with Gasteiger partial charge in [0.2, 0.25) is 10.0 Å². The quantitative estimate of drug-likeness (QED) is 0.609. The average molecular weight is 463 g/mol. The van der Waals surface area contributed by atoms with Crippen LogP contribution in [0.2, 0.25) is 0 Å². The van der Waals surface area contributed by atoms with E-state index in [-0.39, 0.29) is 10.8 Å². The molecular formula is C19H19BrN4O3S. The first kappa shape index (κ1) is 20.2. The molecule has 1 N–H and O–H groups in total. The van der Waals surface area contributed by atoms with Gasteiger partial charge in [0.05, 0.1) is 17.6 Å². The van der Waals surface area contributed by atoms with E-state index in [0.717, 1.165) is 14.3 Å². The summed E-state index contributed by atoms with van der Waals surface area (Å²) in [6.07, 6.45) is 1.61. The van der Waals surface area contributed by atoms with E-state index in [0.29, 0.717) is 17.9 Å². The highest BCUT2D eigenvalue weighted by Crippen LogP contribution is 2.19. The number of aromatic nitrogens is 2. The monoisotopic (exact) mass is 462 g/mol. The zero-order valence-corrected chi connectivity index (χ0v) is 17.7. The van der Waals surface area contributed by atoms with E-state index in [9.17, 15) is 13.2 Å². The highest BCUT2D eigenvalue weighted by Gasteiger charge is 2.18. The van der Waals surface area contributed by atoms with E-state index in [4.69, 9.17) is 0 Å². The number of sulfonamides is 1. The van der Waals surface area contributed by atoms with Gasteiger partial charge in [-0.2, -0.15) is 5.10 Å². The van der Waals surface area contributed by atoms with Crippen LogP contribution in [0.5, 0.6) is 0 Å². The fraction of sp³-hybridized carbons (Fsp3) is 0.158. The first-order valence-electron chi connectivity index (χ1n) is 8.38. The number of halogens is 1. The Kier molecular flexibility index (Phi) is 5.97. The molecule has 7 nitrogen and oxygen atoms in total. The van der Waals surface area contributed by atoms with Crippen molar-refractivity contribution in [2.24, 2.45) is 0 Å². The van der Waals surface area contributed by atoms with Crippen LogP contribution >= 0.6 is 15.9 Å². The van der Waals surface area contributed by atoms with Crippen LogP contribution in [0.3, 0.4) is 0 Å². The normalized spacial score (nSPS) is 11.6. The summed E-state index contributed by atoms with van der Waals surface area (Å²) in [4.78, 5) is 12.7. The van der Waals surface area contributed by atoms with Gasteiger partial charge in [-0.1, -0.05) is 34.1 Å². The number of hydrogen-bond donors (Lipinski definition) is 1. The van der Waals surface area contributed by atoms with Crippen LogP contribution in [0, 0.1) is 0 Å². The molecule has 9 heteroatoms. The molecule has 0 aliphatic carbocycles. The second-order valence-corrected chi connectivity index (χ2v) is 9.24. The number of carbonyl (C=O) groups excluding carboxylic acids is 1. The summed E-state index contributed by atoms with van der Waals surface area (Å²) in [5.74, 6) is 0.202. The maximum atomic E-state index is 12.6. The second kappa shape index (κ2) is 8.26. The van der Waals surface area contributed by atoms with Crippen molar-refractivity contribution >= 4 is 37.7 Å². The molecule has 0 atom stereocenters. The molecule has 0 radical (unpaired) electrons. The zero-order valence-electron chi connectivity index (χ0n) is 15.3. The fourth-order valence-corrected chi connectivity index (χ4v) is 3.84. The van der Waals surface area contributed by atoms with E-state index in [1.807, 2.05) is 24.3 Å².